The van der Waals surface area contributed by atoms with Gasteiger partial charge in [-0.05, 0) is 37.1 Å². The number of carbonyl (C=O) groups excluding carboxylic acids is 1. The van der Waals surface area contributed by atoms with Crippen LogP contribution in [0.4, 0.5) is 13.2 Å². The van der Waals surface area contributed by atoms with Gasteiger partial charge in [-0.2, -0.15) is 13.2 Å². The molecule has 0 aliphatic carbocycles. The standard InChI is InChI=1S/C15H19F3N2O/c1-9-7-19-8-13(9)14(21)20-10(2)11-4-3-5-12(6-11)15(16,17)18/h3-6,9-10,13,19H,7-8H2,1-2H3,(H,20,21). The van der Waals surface area contributed by atoms with Crippen molar-refractivity contribution in [3.05, 3.63) is 35.4 Å². The molecule has 0 bridgehead atoms. The smallest absolute Gasteiger partial charge is 0.349 e. The van der Waals surface area contributed by atoms with E-state index in [1.165, 1.54) is 6.07 Å². The highest BCUT2D eigenvalue weighted by Crippen LogP contribution is 2.30. The first kappa shape index (κ1) is 15.8. The Kier molecular flexibility index (Phi) is 4.56. The summed E-state index contributed by atoms with van der Waals surface area (Å²) in [6.45, 7) is 5.08. The Balaban J connectivity index is 2.06. The summed E-state index contributed by atoms with van der Waals surface area (Å²) in [6.07, 6.45) is -4.37. The van der Waals surface area contributed by atoms with E-state index >= 15 is 0 Å². The largest absolute Gasteiger partial charge is 0.416 e. The van der Waals surface area contributed by atoms with E-state index in [0.717, 1.165) is 18.7 Å². The fourth-order valence-corrected chi connectivity index (χ4v) is 2.55. The normalized spacial score (nSPS) is 23.9. The summed E-state index contributed by atoms with van der Waals surface area (Å²) in [4.78, 5) is 12.1. The molecule has 116 valence electrons. The molecule has 0 radical (unpaired) electrons. The lowest BCUT2D eigenvalue weighted by Crippen LogP contribution is -2.36. The quantitative estimate of drug-likeness (QED) is 0.901. The summed E-state index contributed by atoms with van der Waals surface area (Å²) in [5.74, 6) is -0.00521. The van der Waals surface area contributed by atoms with Gasteiger partial charge in [0.1, 0.15) is 0 Å². The van der Waals surface area contributed by atoms with Gasteiger partial charge in [-0.25, -0.2) is 0 Å². The first-order valence-electron chi connectivity index (χ1n) is 6.97. The van der Waals surface area contributed by atoms with Crippen LogP contribution in [-0.4, -0.2) is 19.0 Å². The minimum atomic E-state index is -4.37. The molecule has 1 aromatic rings. The van der Waals surface area contributed by atoms with Crippen molar-refractivity contribution >= 4 is 5.91 Å². The summed E-state index contributed by atoms with van der Waals surface area (Å²) in [5, 5.41) is 5.94. The van der Waals surface area contributed by atoms with Gasteiger partial charge in [0.25, 0.3) is 0 Å². The first-order chi connectivity index (χ1) is 9.79. The Labute approximate surface area is 121 Å². The zero-order chi connectivity index (χ0) is 15.6. The molecule has 1 aliphatic rings. The molecule has 1 heterocycles. The van der Waals surface area contributed by atoms with Crippen molar-refractivity contribution in [3.8, 4) is 0 Å². The van der Waals surface area contributed by atoms with Gasteiger partial charge in [-0.1, -0.05) is 19.1 Å². The van der Waals surface area contributed by atoms with Crippen molar-refractivity contribution in [2.45, 2.75) is 26.1 Å². The molecule has 3 atom stereocenters. The van der Waals surface area contributed by atoms with Crippen LogP contribution in [0.2, 0.25) is 0 Å². The van der Waals surface area contributed by atoms with Crippen LogP contribution >= 0.6 is 0 Å². The van der Waals surface area contributed by atoms with Crippen LogP contribution in [-0.2, 0) is 11.0 Å². The molecule has 1 fully saturated rings. The average molecular weight is 300 g/mol. The maximum absolute atomic E-state index is 12.7. The number of alkyl halides is 3. The molecule has 21 heavy (non-hydrogen) atoms. The molecule has 1 amide bonds. The maximum atomic E-state index is 12.7. The highest BCUT2D eigenvalue weighted by molar-refractivity contribution is 5.80. The highest BCUT2D eigenvalue weighted by atomic mass is 19.4. The molecule has 0 spiro atoms. The lowest BCUT2D eigenvalue weighted by atomic mass is 9.96. The molecule has 3 unspecified atom stereocenters. The average Bonchev–Trinajstić information content (AvgIpc) is 2.84. The van der Waals surface area contributed by atoms with Crippen LogP contribution < -0.4 is 10.6 Å². The first-order valence-corrected chi connectivity index (χ1v) is 6.97. The van der Waals surface area contributed by atoms with E-state index in [-0.39, 0.29) is 17.7 Å². The van der Waals surface area contributed by atoms with Gasteiger partial charge in [0, 0.05) is 6.54 Å². The number of hydrogen-bond donors (Lipinski definition) is 2. The van der Waals surface area contributed by atoms with Crippen molar-refractivity contribution < 1.29 is 18.0 Å². The molecule has 0 aromatic heterocycles. The number of nitrogens with one attached hydrogen (secondary N) is 2. The fraction of sp³-hybridized carbons (Fsp3) is 0.533. The molecule has 2 N–H and O–H groups in total. The number of benzene rings is 1. The van der Waals surface area contributed by atoms with Crippen LogP contribution in [0.5, 0.6) is 0 Å². The summed E-state index contributed by atoms with van der Waals surface area (Å²) in [7, 11) is 0. The second-order valence-electron chi connectivity index (χ2n) is 5.60. The Morgan fingerprint density at radius 3 is 2.67 bits per heavy atom. The van der Waals surface area contributed by atoms with E-state index in [4.69, 9.17) is 0 Å². The molecule has 1 aromatic carbocycles. The van der Waals surface area contributed by atoms with E-state index in [1.54, 1.807) is 13.0 Å². The third-order valence-electron chi connectivity index (χ3n) is 3.93. The van der Waals surface area contributed by atoms with Crippen LogP contribution in [0.3, 0.4) is 0 Å². The van der Waals surface area contributed by atoms with Crippen LogP contribution in [0.25, 0.3) is 0 Å². The number of carbonyl (C=O) groups is 1. The molecular formula is C15H19F3N2O. The molecule has 3 nitrogen and oxygen atoms in total. The third kappa shape index (κ3) is 3.75. The van der Waals surface area contributed by atoms with E-state index in [0.29, 0.717) is 12.1 Å². The van der Waals surface area contributed by atoms with Crippen LogP contribution in [0.15, 0.2) is 24.3 Å². The van der Waals surface area contributed by atoms with Gasteiger partial charge in [0.05, 0.1) is 17.5 Å². The maximum Gasteiger partial charge on any atom is 0.416 e. The van der Waals surface area contributed by atoms with Crippen molar-refractivity contribution in [1.82, 2.24) is 10.6 Å². The summed E-state index contributed by atoms with van der Waals surface area (Å²) < 4.78 is 38.1. The Morgan fingerprint density at radius 1 is 1.38 bits per heavy atom. The lowest BCUT2D eigenvalue weighted by Gasteiger charge is -2.20. The zero-order valence-corrected chi connectivity index (χ0v) is 12.0. The second-order valence-corrected chi connectivity index (χ2v) is 5.60. The van der Waals surface area contributed by atoms with Gasteiger partial charge >= 0.3 is 6.18 Å². The molecule has 1 aliphatic heterocycles. The monoisotopic (exact) mass is 300 g/mol. The van der Waals surface area contributed by atoms with E-state index in [1.807, 2.05) is 6.92 Å². The Morgan fingerprint density at radius 2 is 2.10 bits per heavy atom. The van der Waals surface area contributed by atoms with Gasteiger partial charge in [0.15, 0.2) is 0 Å². The Bertz CT molecular complexity index is 516. The van der Waals surface area contributed by atoms with Crippen LogP contribution in [0.1, 0.15) is 31.0 Å². The van der Waals surface area contributed by atoms with Crippen molar-refractivity contribution in [2.75, 3.05) is 13.1 Å². The number of amides is 1. The van der Waals surface area contributed by atoms with E-state index in [2.05, 4.69) is 10.6 Å². The minimum Gasteiger partial charge on any atom is -0.349 e. The van der Waals surface area contributed by atoms with Crippen molar-refractivity contribution in [3.63, 3.8) is 0 Å². The SMILES string of the molecule is CC(NC(=O)C1CNCC1C)c1cccc(C(F)(F)F)c1. The van der Waals surface area contributed by atoms with Gasteiger partial charge in [-0.3, -0.25) is 4.79 Å². The summed E-state index contributed by atoms with van der Waals surface area (Å²) in [6, 6.07) is 4.62. The molecule has 0 saturated carbocycles. The predicted octanol–water partition coefficient (Wildman–Crippen LogP) is 2.74. The topological polar surface area (TPSA) is 41.1 Å². The molecule has 1 saturated heterocycles. The molecule has 2 rings (SSSR count). The van der Waals surface area contributed by atoms with Crippen molar-refractivity contribution in [2.24, 2.45) is 11.8 Å². The van der Waals surface area contributed by atoms with Gasteiger partial charge in [0.2, 0.25) is 5.91 Å². The van der Waals surface area contributed by atoms with Crippen molar-refractivity contribution in [1.29, 1.82) is 0 Å². The van der Waals surface area contributed by atoms with E-state index in [9.17, 15) is 18.0 Å². The number of rotatable bonds is 3. The predicted molar refractivity (Wildman–Crippen MR) is 73.5 cm³/mol. The number of hydrogen-bond acceptors (Lipinski definition) is 2. The fourth-order valence-electron chi connectivity index (χ4n) is 2.55. The molecule has 6 heteroatoms. The Hall–Kier alpha value is -1.56. The highest BCUT2D eigenvalue weighted by Gasteiger charge is 2.32. The summed E-state index contributed by atoms with van der Waals surface area (Å²) in [5.41, 5.74) is -0.242. The van der Waals surface area contributed by atoms with Gasteiger partial charge < -0.3 is 10.6 Å². The molecular weight excluding hydrogens is 281 g/mol. The summed E-state index contributed by atoms with van der Waals surface area (Å²) >= 11 is 0. The third-order valence-corrected chi connectivity index (χ3v) is 3.93. The second kappa shape index (κ2) is 6.05. The van der Waals surface area contributed by atoms with Crippen LogP contribution in [0, 0.1) is 11.8 Å². The number of halogens is 3. The van der Waals surface area contributed by atoms with E-state index < -0.39 is 17.8 Å². The minimum absolute atomic E-state index is 0.114. The zero-order valence-electron chi connectivity index (χ0n) is 12.0. The van der Waals surface area contributed by atoms with Gasteiger partial charge in [-0.15, -0.1) is 0 Å². The lowest BCUT2D eigenvalue weighted by molar-refractivity contribution is -0.137.